The Kier molecular flexibility index (Phi) is 12.1. The van der Waals surface area contributed by atoms with E-state index in [-0.39, 0.29) is 42.1 Å². The van der Waals surface area contributed by atoms with Gasteiger partial charge in [-0.3, -0.25) is 4.79 Å². The maximum atomic E-state index is 12.4. The largest absolute Gasteiger partial charge is 0.372 e. The molecule has 0 spiro atoms. The van der Waals surface area contributed by atoms with Gasteiger partial charge in [-0.2, -0.15) is 0 Å². The number of nitrogens with one attached hydrogen (secondary N) is 1. The van der Waals surface area contributed by atoms with Crippen molar-refractivity contribution in [3.05, 3.63) is 23.9 Å². The van der Waals surface area contributed by atoms with Gasteiger partial charge in [-0.05, 0) is 46.2 Å². The fourth-order valence-corrected chi connectivity index (χ4v) is 3.65. The molecule has 2 atom stereocenters. The van der Waals surface area contributed by atoms with E-state index in [0.717, 1.165) is 50.1 Å². The zero-order valence-electron chi connectivity index (χ0n) is 19.8. The van der Waals surface area contributed by atoms with E-state index in [0.29, 0.717) is 13.1 Å². The molecule has 0 aromatic carbocycles. The molecule has 2 rings (SSSR count). The molecule has 1 aliphatic rings. The first-order valence-corrected chi connectivity index (χ1v) is 11.0. The SMILES string of the molecule is CCNC(=NCc1ccc(N2CC(C)OC(C)C2)nc1)N(C)CC(=O)N(CC)CC.I. The van der Waals surface area contributed by atoms with Crippen LogP contribution >= 0.6 is 24.0 Å². The molecular weight excluding hydrogens is 507 g/mol. The Balaban J connectivity index is 0.00000480. The summed E-state index contributed by atoms with van der Waals surface area (Å²) in [6, 6.07) is 4.12. The summed E-state index contributed by atoms with van der Waals surface area (Å²) in [6.45, 7) is 14.9. The molecule has 176 valence electrons. The minimum Gasteiger partial charge on any atom is -0.372 e. The number of hydrogen-bond donors (Lipinski definition) is 1. The zero-order valence-corrected chi connectivity index (χ0v) is 22.1. The van der Waals surface area contributed by atoms with Crippen molar-refractivity contribution in [1.82, 2.24) is 20.1 Å². The Hall–Kier alpha value is -1.62. The number of aliphatic imine (C=N–C) groups is 1. The van der Waals surface area contributed by atoms with E-state index in [1.807, 2.05) is 43.8 Å². The Morgan fingerprint density at radius 3 is 2.39 bits per heavy atom. The summed E-state index contributed by atoms with van der Waals surface area (Å²) in [7, 11) is 1.89. The predicted octanol–water partition coefficient (Wildman–Crippen LogP) is 2.58. The number of carbonyl (C=O) groups excluding carboxylic acids is 1. The van der Waals surface area contributed by atoms with Crippen molar-refractivity contribution in [3.63, 3.8) is 0 Å². The van der Waals surface area contributed by atoms with Gasteiger partial charge in [-0.25, -0.2) is 9.98 Å². The molecule has 1 N–H and O–H groups in total. The quantitative estimate of drug-likeness (QED) is 0.307. The third kappa shape index (κ3) is 8.44. The molecule has 1 fully saturated rings. The summed E-state index contributed by atoms with van der Waals surface area (Å²) in [5.41, 5.74) is 1.03. The highest BCUT2D eigenvalue weighted by atomic mass is 127. The minimum atomic E-state index is 0. The molecule has 2 unspecified atom stereocenters. The third-order valence-corrected chi connectivity index (χ3v) is 5.15. The molecule has 1 aromatic heterocycles. The number of halogens is 1. The highest BCUT2D eigenvalue weighted by Crippen LogP contribution is 2.18. The van der Waals surface area contributed by atoms with Crippen molar-refractivity contribution < 1.29 is 9.53 Å². The number of rotatable bonds is 8. The van der Waals surface area contributed by atoms with Crippen LogP contribution in [0.1, 0.15) is 40.2 Å². The van der Waals surface area contributed by atoms with Crippen LogP contribution in [-0.4, -0.2) is 85.2 Å². The van der Waals surface area contributed by atoms with Crippen molar-refractivity contribution in [2.24, 2.45) is 4.99 Å². The topological polar surface area (TPSA) is 73.3 Å². The molecule has 8 nitrogen and oxygen atoms in total. The van der Waals surface area contributed by atoms with Crippen molar-refractivity contribution in [2.75, 3.05) is 51.2 Å². The second kappa shape index (κ2) is 13.7. The lowest BCUT2D eigenvalue weighted by atomic mass is 10.2. The number of carbonyl (C=O) groups is 1. The van der Waals surface area contributed by atoms with Gasteiger partial charge >= 0.3 is 0 Å². The summed E-state index contributed by atoms with van der Waals surface area (Å²) in [5.74, 6) is 1.80. The van der Waals surface area contributed by atoms with Crippen molar-refractivity contribution in [2.45, 2.75) is 53.4 Å². The lowest BCUT2D eigenvalue weighted by Gasteiger charge is -2.36. The number of aromatic nitrogens is 1. The van der Waals surface area contributed by atoms with Gasteiger partial charge in [0.05, 0.1) is 25.3 Å². The van der Waals surface area contributed by atoms with Gasteiger partial charge in [0.25, 0.3) is 0 Å². The number of pyridine rings is 1. The number of nitrogens with zero attached hydrogens (tertiary/aromatic N) is 5. The van der Waals surface area contributed by atoms with Crippen LogP contribution in [0.15, 0.2) is 23.3 Å². The molecule has 1 amide bonds. The average Bonchev–Trinajstić information content (AvgIpc) is 2.71. The maximum absolute atomic E-state index is 12.4. The number of guanidine groups is 1. The molecule has 0 saturated carbocycles. The van der Waals surface area contributed by atoms with Crippen LogP contribution in [0.5, 0.6) is 0 Å². The Labute approximate surface area is 204 Å². The number of hydrogen-bond acceptors (Lipinski definition) is 5. The molecule has 31 heavy (non-hydrogen) atoms. The molecule has 1 saturated heterocycles. The molecule has 0 aliphatic carbocycles. The maximum Gasteiger partial charge on any atom is 0.242 e. The van der Waals surface area contributed by atoms with Gasteiger partial charge in [0.1, 0.15) is 5.82 Å². The van der Waals surface area contributed by atoms with Crippen LogP contribution < -0.4 is 10.2 Å². The van der Waals surface area contributed by atoms with Crippen LogP contribution in [-0.2, 0) is 16.1 Å². The van der Waals surface area contributed by atoms with Gasteiger partial charge in [-0.1, -0.05) is 6.07 Å². The molecule has 0 bridgehead atoms. The monoisotopic (exact) mass is 546 g/mol. The van der Waals surface area contributed by atoms with Crippen LogP contribution in [0.2, 0.25) is 0 Å². The predicted molar refractivity (Wildman–Crippen MR) is 137 cm³/mol. The first kappa shape index (κ1) is 27.4. The van der Waals surface area contributed by atoms with Gasteiger partial charge in [0, 0.05) is 46.0 Å². The van der Waals surface area contributed by atoms with E-state index in [4.69, 9.17) is 9.73 Å². The molecular formula is C22H39IN6O2. The lowest BCUT2D eigenvalue weighted by Crippen LogP contribution is -2.45. The highest BCUT2D eigenvalue weighted by molar-refractivity contribution is 14.0. The fourth-order valence-electron chi connectivity index (χ4n) is 3.65. The molecule has 9 heteroatoms. The van der Waals surface area contributed by atoms with Gasteiger partial charge in [0.15, 0.2) is 5.96 Å². The number of morpholine rings is 1. The van der Waals surface area contributed by atoms with Crippen molar-refractivity contribution in [3.8, 4) is 0 Å². The van der Waals surface area contributed by atoms with E-state index in [2.05, 4.69) is 41.2 Å². The molecule has 2 heterocycles. The van der Waals surface area contributed by atoms with Gasteiger partial charge in [0.2, 0.25) is 5.91 Å². The molecule has 0 radical (unpaired) electrons. The second-order valence-corrected chi connectivity index (χ2v) is 7.78. The standard InChI is InChI=1S/C22H38N6O2.HI/c1-7-23-22(26(6)16-21(29)27(8-2)9-3)25-13-19-10-11-20(24-12-19)28-14-17(4)30-18(5)15-28;/h10-12,17-18H,7-9,13-16H2,1-6H3,(H,23,25);1H. The summed E-state index contributed by atoms with van der Waals surface area (Å²) in [6.07, 6.45) is 2.29. The van der Waals surface area contributed by atoms with E-state index >= 15 is 0 Å². The number of likely N-dealkylation sites (N-methyl/N-ethyl adjacent to an activating group) is 2. The average molecular weight is 546 g/mol. The minimum absolute atomic E-state index is 0. The third-order valence-electron chi connectivity index (χ3n) is 5.15. The van der Waals surface area contributed by atoms with Crippen molar-refractivity contribution >= 4 is 41.7 Å². The first-order chi connectivity index (χ1) is 14.4. The Morgan fingerprint density at radius 2 is 1.87 bits per heavy atom. The Bertz CT molecular complexity index is 686. The van der Waals surface area contributed by atoms with Crippen LogP contribution in [0.25, 0.3) is 0 Å². The summed E-state index contributed by atoms with van der Waals surface area (Å²) < 4.78 is 5.80. The number of amides is 1. The van der Waals surface area contributed by atoms with E-state index in [9.17, 15) is 4.79 Å². The van der Waals surface area contributed by atoms with Crippen LogP contribution in [0.4, 0.5) is 5.82 Å². The normalized spacial score (nSPS) is 18.9. The first-order valence-electron chi connectivity index (χ1n) is 11.0. The van der Waals surface area contributed by atoms with E-state index in [1.165, 1.54) is 0 Å². The van der Waals surface area contributed by atoms with Gasteiger partial charge in [-0.15, -0.1) is 24.0 Å². The number of ether oxygens (including phenoxy) is 1. The lowest BCUT2D eigenvalue weighted by molar-refractivity contribution is -0.131. The summed E-state index contributed by atoms with van der Waals surface area (Å²) in [4.78, 5) is 27.7. The summed E-state index contributed by atoms with van der Waals surface area (Å²) >= 11 is 0. The van der Waals surface area contributed by atoms with Crippen LogP contribution in [0.3, 0.4) is 0 Å². The fraction of sp³-hybridized carbons (Fsp3) is 0.682. The smallest absolute Gasteiger partial charge is 0.242 e. The molecule has 1 aliphatic heterocycles. The van der Waals surface area contributed by atoms with Gasteiger partial charge < -0.3 is 24.8 Å². The number of anilines is 1. The van der Waals surface area contributed by atoms with E-state index in [1.54, 1.807) is 0 Å². The zero-order chi connectivity index (χ0) is 22.1. The second-order valence-electron chi connectivity index (χ2n) is 7.78. The van der Waals surface area contributed by atoms with E-state index < -0.39 is 0 Å². The Morgan fingerprint density at radius 1 is 1.23 bits per heavy atom. The molecule has 1 aromatic rings. The summed E-state index contributed by atoms with van der Waals surface area (Å²) in [5, 5.41) is 3.27. The van der Waals surface area contributed by atoms with Crippen molar-refractivity contribution in [1.29, 1.82) is 0 Å². The van der Waals surface area contributed by atoms with Crippen LogP contribution in [0, 0.1) is 0 Å². The highest BCUT2D eigenvalue weighted by Gasteiger charge is 2.23.